The molecule has 1 atom stereocenters. The highest BCUT2D eigenvalue weighted by molar-refractivity contribution is 7.98. The molecule has 0 radical (unpaired) electrons. The normalized spacial score (nSPS) is 14.7. The Morgan fingerprint density at radius 1 is 1.48 bits per heavy atom. The fourth-order valence-corrected chi connectivity index (χ4v) is 2.91. The van der Waals surface area contributed by atoms with E-state index < -0.39 is 6.04 Å². The van der Waals surface area contributed by atoms with Gasteiger partial charge in [0.2, 0.25) is 11.8 Å². The van der Waals surface area contributed by atoms with E-state index in [1.165, 1.54) is 0 Å². The quantitative estimate of drug-likeness (QED) is 0.866. The van der Waals surface area contributed by atoms with Gasteiger partial charge in [-0.05, 0) is 48.6 Å². The van der Waals surface area contributed by atoms with Crippen LogP contribution >= 0.6 is 11.8 Å². The Kier molecular flexibility index (Phi) is 5.25. The lowest BCUT2D eigenvalue weighted by Crippen LogP contribution is -2.36. The number of carbonyl (C=O) groups is 2. The number of hydrogen-bond acceptors (Lipinski definition) is 4. The van der Waals surface area contributed by atoms with Gasteiger partial charge in [-0.3, -0.25) is 9.59 Å². The number of thioether (sulfide) groups is 1. The van der Waals surface area contributed by atoms with Crippen LogP contribution in [-0.4, -0.2) is 36.4 Å². The molecule has 1 aromatic rings. The van der Waals surface area contributed by atoms with Crippen molar-refractivity contribution in [3.05, 3.63) is 23.8 Å². The number of nitrogens with zero attached hydrogens (tertiary/aromatic N) is 1. The van der Waals surface area contributed by atoms with Crippen LogP contribution in [0.1, 0.15) is 18.9 Å². The predicted octanol–water partition coefficient (Wildman–Crippen LogP) is 1.61. The molecular formula is C15H21N3O2S. The summed E-state index contributed by atoms with van der Waals surface area (Å²) in [5.41, 5.74) is 8.61. The molecule has 114 valence electrons. The van der Waals surface area contributed by atoms with Gasteiger partial charge in [0.1, 0.15) is 0 Å². The Morgan fingerprint density at radius 3 is 2.90 bits per heavy atom. The fourth-order valence-electron chi connectivity index (χ4n) is 2.42. The van der Waals surface area contributed by atoms with E-state index in [0.29, 0.717) is 13.0 Å². The van der Waals surface area contributed by atoms with E-state index in [0.717, 1.165) is 29.1 Å². The highest BCUT2D eigenvalue weighted by atomic mass is 32.2. The van der Waals surface area contributed by atoms with E-state index in [4.69, 9.17) is 5.73 Å². The molecule has 0 spiro atoms. The van der Waals surface area contributed by atoms with E-state index in [9.17, 15) is 9.59 Å². The SMILES string of the molecule is CSCC[C@H](N)C(=O)Nc1ccc2c(c1)CCN2C(C)=O. The second kappa shape index (κ2) is 6.95. The topological polar surface area (TPSA) is 75.4 Å². The molecule has 2 rings (SSSR count). The molecule has 1 aliphatic rings. The molecule has 0 saturated heterocycles. The number of anilines is 2. The zero-order valence-corrected chi connectivity index (χ0v) is 13.2. The third-order valence-electron chi connectivity index (χ3n) is 3.59. The molecular weight excluding hydrogens is 286 g/mol. The summed E-state index contributed by atoms with van der Waals surface area (Å²) in [5.74, 6) is 0.752. The highest BCUT2D eigenvalue weighted by Gasteiger charge is 2.22. The Morgan fingerprint density at radius 2 is 2.24 bits per heavy atom. The Balaban J connectivity index is 2.03. The minimum Gasteiger partial charge on any atom is -0.325 e. The molecule has 1 aliphatic heterocycles. The van der Waals surface area contributed by atoms with Gasteiger partial charge in [-0.25, -0.2) is 0 Å². The van der Waals surface area contributed by atoms with Crippen molar-refractivity contribution in [1.82, 2.24) is 0 Å². The number of rotatable bonds is 5. The molecule has 1 aromatic carbocycles. The summed E-state index contributed by atoms with van der Waals surface area (Å²) in [6, 6.07) is 5.14. The Labute approximate surface area is 129 Å². The largest absolute Gasteiger partial charge is 0.325 e. The van der Waals surface area contributed by atoms with E-state index in [1.807, 2.05) is 24.5 Å². The maximum absolute atomic E-state index is 12.0. The van der Waals surface area contributed by atoms with Crippen LogP contribution in [0.5, 0.6) is 0 Å². The Hall–Kier alpha value is -1.53. The first kappa shape index (κ1) is 15.9. The van der Waals surface area contributed by atoms with Crippen LogP contribution in [0.3, 0.4) is 0 Å². The first-order valence-corrected chi connectivity index (χ1v) is 8.38. The second-order valence-corrected chi connectivity index (χ2v) is 6.13. The number of nitrogens with two attached hydrogens (primary N) is 1. The number of hydrogen-bond donors (Lipinski definition) is 2. The molecule has 21 heavy (non-hydrogen) atoms. The lowest BCUT2D eigenvalue weighted by atomic mass is 10.1. The molecule has 3 N–H and O–H groups in total. The maximum Gasteiger partial charge on any atom is 0.241 e. The summed E-state index contributed by atoms with van der Waals surface area (Å²) in [6.07, 6.45) is 3.47. The van der Waals surface area contributed by atoms with E-state index in [2.05, 4.69) is 5.32 Å². The summed E-state index contributed by atoms with van der Waals surface area (Å²) in [4.78, 5) is 25.2. The monoisotopic (exact) mass is 307 g/mol. The van der Waals surface area contributed by atoms with Crippen LogP contribution in [0, 0.1) is 0 Å². The number of amides is 2. The van der Waals surface area contributed by atoms with Crippen LogP contribution < -0.4 is 16.0 Å². The maximum atomic E-state index is 12.0. The minimum atomic E-state index is -0.487. The minimum absolute atomic E-state index is 0.0459. The molecule has 0 unspecified atom stereocenters. The fraction of sp³-hybridized carbons (Fsp3) is 0.467. The van der Waals surface area contributed by atoms with Gasteiger partial charge < -0.3 is 16.0 Å². The summed E-state index contributed by atoms with van der Waals surface area (Å²) in [6.45, 7) is 2.27. The van der Waals surface area contributed by atoms with Crippen LogP contribution in [0.4, 0.5) is 11.4 Å². The van der Waals surface area contributed by atoms with Gasteiger partial charge in [0, 0.05) is 24.8 Å². The second-order valence-electron chi connectivity index (χ2n) is 5.14. The molecule has 5 nitrogen and oxygen atoms in total. The first-order chi connectivity index (χ1) is 10.0. The smallest absolute Gasteiger partial charge is 0.241 e. The standard InChI is InChI=1S/C15H21N3O2S/c1-10(19)18-7-5-11-9-12(3-4-14(11)18)17-15(20)13(16)6-8-21-2/h3-4,9,13H,5-8,16H2,1-2H3,(H,17,20)/t13-/m0/s1. The Bertz CT molecular complexity index is 548. The third-order valence-corrected chi connectivity index (χ3v) is 4.24. The van der Waals surface area contributed by atoms with Crippen molar-refractivity contribution >= 4 is 35.0 Å². The van der Waals surface area contributed by atoms with Crippen molar-refractivity contribution in [1.29, 1.82) is 0 Å². The lowest BCUT2D eigenvalue weighted by molar-refractivity contribution is -0.117. The number of carbonyl (C=O) groups excluding carboxylic acids is 2. The van der Waals surface area contributed by atoms with Crippen LogP contribution in [-0.2, 0) is 16.0 Å². The molecule has 2 amide bonds. The number of fused-ring (bicyclic) bond motifs is 1. The van der Waals surface area contributed by atoms with Crippen molar-refractivity contribution in [2.75, 3.05) is 28.8 Å². The summed E-state index contributed by atoms with van der Waals surface area (Å²) in [5, 5.41) is 2.85. The average Bonchev–Trinajstić information content (AvgIpc) is 2.87. The van der Waals surface area contributed by atoms with Crippen LogP contribution in [0.15, 0.2) is 18.2 Å². The molecule has 0 saturated carbocycles. The highest BCUT2D eigenvalue weighted by Crippen LogP contribution is 2.30. The zero-order valence-electron chi connectivity index (χ0n) is 12.4. The van der Waals surface area contributed by atoms with Crippen molar-refractivity contribution in [2.24, 2.45) is 5.73 Å². The third kappa shape index (κ3) is 3.77. The lowest BCUT2D eigenvalue weighted by Gasteiger charge is -2.16. The van der Waals surface area contributed by atoms with Gasteiger partial charge in [-0.15, -0.1) is 0 Å². The predicted molar refractivity (Wildman–Crippen MR) is 87.8 cm³/mol. The summed E-state index contributed by atoms with van der Waals surface area (Å²) >= 11 is 1.68. The molecule has 6 heteroatoms. The van der Waals surface area contributed by atoms with Crippen LogP contribution in [0.2, 0.25) is 0 Å². The van der Waals surface area contributed by atoms with E-state index in [1.54, 1.807) is 23.6 Å². The van der Waals surface area contributed by atoms with Gasteiger partial charge >= 0.3 is 0 Å². The van der Waals surface area contributed by atoms with Gasteiger partial charge in [0.05, 0.1) is 6.04 Å². The first-order valence-electron chi connectivity index (χ1n) is 6.99. The molecule has 1 heterocycles. The number of nitrogens with one attached hydrogen (secondary N) is 1. The van der Waals surface area contributed by atoms with Gasteiger partial charge in [0.25, 0.3) is 0 Å². The van der Waals surface area contributed by atoms with E-state index >= 15 is 0 Å². The summed E-state index contributed by atoms with van der Waals surface area (Å²) in [7, 11) is 0. The van der Waals surface area contributed by atoms with Gasteiger partial charge in [-0.2, -0.15) is 11.8 Å². The van der Waals surface area contributed by atoms with Crippen molar-refractivity contribution in [2.45, 2.75) is 25.8 Å². The van der Waals surface area contributed by atoms with Crippen molar-refractivity contribution in [3.63, 3.8) is 0 Å². The molecule has 0 aliphatic carbocycles. The van der Waals surface area contributed by atoms with Crippen LogP contribution in [0.25, 0.3) is 0 Å². The van der Waals surface area contributed by atoms with E-state index in [-0.39, 0.29) is 11.8 Å². The van der Waals surface area contributed by atoms with Crippen molar-refractivity contribution in [3.8, 4) is 0 Å². The van der Waals surface area contributed by atoms with Gasteiger partial charge in [0.15, 0.2) is 0 Å². The zero-order chi connectivity index (χ0) is 15.4. The van der Waals surface area contributed by atoms with Gasteiger partial charge in [-0.1, -0.05) is 0 Å². The molecule has 0 fully saturated rings. The summed E-state index contributed by atoms with van der Waals surface area (Å²) < 4.78 is 0. The average molecular weight is 307 g/mol. The number of benzene rings is 1. The molecule has 0 aromatic heterocycles. The molecule has 0 bridgehead atoms. The van der Waals surface area contributed by atoms with Crippen molar-refractivity contribution < 1.29 is 9.59 Å².